The van der Waals surface area contributed by atoms with Crippen LogP contribution in [-0.2, 0) is 0 Å². The zero-order chi connectivity index (χ0) is 14.7. The van der Waals surface area contributed by atoms with Gasteiger partial charge in [0.2, 0.25) is 0 Å². The van der Waals surface area contributed by atoms with Crippen LogP contribution in [-0.4, -0.2) is 7.11 Å². The van der Waals surface area contributed by atoms with E-state index in [-0.39, 0.29) is 6.04 Å². The van der Waals surface area contributed by atoms with E-state index in [9.17, 15) is 0 Å². The van der Waals surface area contributed by atoms with Crippen molar-refractivity contribution in [2.45, 2.75) is 19.4 Å². The molecule has 0 amide bonds. The summed E-state index contributed by atoms with van der Waals surface area (Å²) in [6.07, 6.45) is 0.889. The maximum atomic E-state index is 6.31. The van der Waals surface area contributed by atoms with Crippen molar-refractivity contribution in [1.82, 2.24) is 0 Å². The molecule has 0 aromatic heterocycles. The molecule has 0 bridgehead atoms. The van der Waals surface area contributed by atoms with Crippen molar-refractivity contribution in [3.8, 4) is 16.9 Å². The first-order chi connectivity index (χ1) is 9.56. The molecular weight excluding hydrogens is 293 g/mol. The predicted molar refractivity (Wildman–Crippen MR) is 85.7 cm³/mol. The van der Waals surface area contributed by atoms with Gasteiger partial charge in [0.25, 0.3) is 0 Å². The lowest BCUT2D eigenvalue weighted by Crippen LogP contribution is -2.08. The lowest BCUT2D eigenvalue weighted by Gasteiger charge is -2.13. The molecule has 4 heteroatoms. The minimum absolute atomic E-state index is 0.0300. The maximum Gasteiger partial charge on any atom is 0.138 e. The van der Waals surface area contributed by atoms with E-state index in [4.69, 9.17) is 33.7 Å². The van der Waals surface area contributed by atoms with Gasteiger partial charge in [-0.1, -0.05) is 48.3 Å². The van der Waals surface area contributed by atoms with E-state index in [1.54, 1.807) is 13.2 Å². The van der Waals surface area contributed by atoms with Gasteiger partial charge in [-0.2, -0.15) is 0 Å². The van der Waals surface area contributed by atoms with Gasteiger partial charge in [0.05, 0.1) is 17.2 Å². The minimum atomic E-state index is 0.0300. The van der Waals surface area contributed by atoms with Crippen LogP contribution in [0.4, 0.5) is 0 Å². The second kappa shape index (κ2) is 6.49. The molecule has 0 saturated carbocycles. The van der Waals surface area contributed by atoms with E-state index in [0.717, 1.165) is 23.1 Å². The SMILES string of the molecule is CCC(N)c1cccc(-c2cc(Cl)c(OC)cc2Cl)c1. The highest BCUT2D eigenvalue weighted by molar-refractivity contribution is 6.36. The van der Waals surface area contributed by atoms with Crippen LogP contribution in [0.5, 0.6) is 5.75 Å². The number of nitrogens with two attached hydrogens (primary N) is 1. The Morgan fingerprint density at radius 2 is 1.90 bits per heavy atom. The molecule has 0 aliphatic carbocycles. The number of methoxy groups -OCH3 is 1. The van der Waals surface area contributed by atoms with E-state index in [0.29, 0.717) is 15.8 Å². The summed E-state index contributed by atoms with van der Waals surface area (Å²) in [4.78, 5) is 0. The van der Waals surface area contributed by atoms with Crippen molar-refractivity contribution >= 4 is 23.2 Å². The third-order valence-corrected chi connectivity index (χ3v) is 3.92. The number of benzene rings is 2. The molecule has 2 aromatic carbocycles. The average molecular weight is 310 g/mol. The molecule has 0 heterocycles. The van der Waals surface area contributed by atoms with Crippen molar-refractivity contribution in [3.63, 3.8) is 0 Å². The molecule has 2 nitrogen and oxygen atoms in total. The van der Waals surface area contributed by atoms with E-state index < -0.39 is 0 Å². The van der Waals surface area contributed by atoms with Gasteiger partial charge in [0, 0.05) is 17.7 Å². The highest BCUT2D eigenvalue weighted by Crippen LogP contribution is 2.37. The second-order valence-electron chi connectivity index (χ2n) is 4.61. The fourth-order valence-corrected chi connectivity index (χ4v) is 2.58. The number of rotatable bonds is 4. The summed E-state index contributed by atoms with van der Waals surface area (Å²) >= 11 is 12.5. The van der Waals surface area contributed by atoms with Crippen LogP contribution in [0, 0.1) is 0 Å². The summed E-state index contributed by atoms with van der Waals surface area (Å²) in [6, 6.07) is 11.6. The zero-order valence-corrected chi connectivity index (χ0v) is 13.0. The van der Waals surface area contributed by atoms with Crippen LogP contribution in [0.25, 0.3) is 11.1 Å². The molecule has 1 unspecified atom stereocenters. The van der Waals surface area contributed by atoms with E-state index in [2.05, 4.69) is 13.0 Å². The number of hydrogen-bond acceptors (Lipinski definition) is 2. The molecule has 106 valence electrons. The van der Waals surface area contributed by atoms with Crippen molar-refractivity contribution in [2.24, 2.45) is 5.73 Å². The van der Waals surface area contributed by atoms with Crippen molar-refractivity contribution in [3.05, 3.63) is 52.0 Å². The topological polar surface area (TPSA) is 35.2 Å². The van der Waals surface area contributed by atoms with Crippen LogP contribution >= 0.6 is 23.2 Å². The summed E-state index contributed by atoms with van der Waals surface area (Å²) < 4.78 is 5.16. The van der Waals surface area contributed by atoms with Gasteiger partial charge < -0.3 is 10.5 Å². The van der Waals surface area contributed by atoms with Gasteiger partial charge in [-0.3, -0.25) is 0 Å². The van der Waals surface area contributed by atoms with Gasteiger partial charge in [-0.25, -0.2) is 0 Å². The number of hydrogen-bond donors (Lipinski definition) is 1. The lowest BCUT2D eigenvalue weighted by molar-refractivity contribution is 0.415. The first kappa shape index (κ1) is 15.2. The first-order valence-electron chi connectivity index (χ1n) is 6.45. The van der Waals surface area contributed by atoms with Gasteiger partial charge in [0.1, 0.15) is 5.75 Å². The minimum Gasteiger partial charge on any atom is -0.495 e. The molecule has 20 heavy (non-hydrogen) atoms. The largest absolute Gasteiger partial charge is 0.495 e. The predicted octanol–water partition coefficient (Wildman–Crippen LogP) is 5.08. The number of halogens is 2. The summed E-state index contributed by atoms with van der Waals surface area (Å²) in [5, 5.41) is 1.14. The van der Waals surface area contributed by atoms with Crippen LogP contribution in [0.1, 0.15) is 24.9 Å². The molecule has 0 aliphatic heterocycles. The average Bonchev–Trinajstić information content (AvgIpc) is 2.48. The fourth-order valence-electron chi connectivity index (χ4n) is 2.08. The molecule has 0 aliphatic rings. The van der Waals surface area contributed by atoms with Crippen LogP contribution < -0.4 is 10.5 Å². The second-order valence-corrected chi connectivity index (χ2v) is 5.42. The molecular formula is C16H17Cl2NO. The van der Waals surface area contributed by atoms with Crippen LogP contribution in [0.2, 0.25) is 10.0 Å². The summed E-state index contributed by atoms with van der Waals surface area (Å²) in [5.41, 5.74) is 9.04. The Morgan fingerprint density at radius 3 is 2.55 bits per heavy atom. The van der Waals surface area contributed by atoms with E-state index in [1.165, 1.54) is 0 Å². The van der Waals surface area contributed by atoms with Gasteiger partial charge in [-0.05, 0) is 29.7 Å². The van der Waals surface area contributed by atoms with Gasteiger partial charge in [0.15, 0.2) is 0 Å². The molecule has 2 rings (SSSR count). The maximum absolute atomic E-state index is 6.31. The van der Waals surface area contributed by atoms with Crippen molar-refractivity contribution < 1.29 is 4.74 Å². The normalized spacial score (nSPS) is 12.2. The van der Waals surface area contributed by atoms with Crippen LogP contribution in [0.15, 0.2) is 36.4 Å². The van der Waals surface area contributed by atoms with Gasteiger partial charge >= 0.3 is 0 Å². The molecule has 0 spiro atoms. The summed E-state index contributed by atoms with van der Waals surface area (Å²) in [7, 11) is 1.57. The standard InChI is InChI=1S/C16H17Cl2NO/c1-3-15(19)11-6-4-5-10(7-11)12-8-14(18)16(20-2)9-13(12)17/h4-9,15H,3,19H2,1-2H3. The number of ether oxygens (including phenoxy) is 1. The van der Waals surface area contributed by atoms with Crippen molar-refractivity contribution in [1.29, 1.82) is 0 Å². The molecule has 0 radical (unpaired) electrons. The van der Waals surface area contributed by atoms with E-state index in [1.807, 2.05) is 24.3 Å². The lowest BCUT2D eigenvalue weighted by atomic mass is 9.98. The van der Waals surface area contributed by atoms with Crippen LogP contribution in [0.3, 0.4) is 0 Å². The smallest absolute Gasteiger partial charge is 0.138 e. The Labute approximate surface area is 129 Å². The highest BCUT2D eigenvalue weighted by Gasteiger charge is 2.11. The zero-order valence-electron chi connectivity index (χ0n) is 11.5. The summed E-state index contributed by atoms with van der Waals surface area (Å²) in [6.45, 7) is 2.06. The summed E-state index contributed by atoms with van der Waals surface area (Å²) in [5.74, 6) is 0.571. The molecule has 0 saturated heterocycles. The first-order valence-corrected chi connectivity index (χ1v) is 7.21. The Balaban J connectivity index is 2.49. The third-order valence-electron chi connectivity index (χ3n) is 3.31. The molecule has 1 atom stereocenters. The fraction of sp³-hybridized carbons (Fsp3) is 0.250. The Bertz CT molecular complexity index is 613. The molecule has 2 N–H and O–H groups in total. The monoisotopic (exact) mass is 309 g/mol. The highest BCUT2D eigenvalue weighted by atomic mass is 35.5. The Kier molecular flexibility index (Phi) is 4.92. The Hall–Kier alpha value is -1.22. The Morgan fingerprint density at radius 1 is 1.15 bits per heavy atom. The quantitative estimate of drug-likeness (QED) is 0.855. The molecule has 2 aromatic rings. The third kappa shape index (κ3) is 3.09. The van der Waals surface area contributed by atoms with E-state index >= 15 is 0 Å². The van der Waals surface area contributed by atoms with Crippen molar-refractivity contribution in [2.75, 3.05) is 7.11 Å². The van der Waals surface area contributed by atoms with Gasteiger partial charge in [-0.15, -0.1) is 0 Å². The molecule has 0 fully saturated rings.